The normalized spacial score (nSPS) is 24.6. The highest BCUT2D eigenvalue weighted by Crippen LogP contribution is 2.40. The second-order valence-electron chi connectivity index (χ2n) is 11.0. The van der Waals surface area contributed by atoms with Crippen LogP contribution in [0.25, 0.3) is 22.2 Å². The molecule has 37 heavy (non-hydrogen) atoms. The Morgan fingerprint density at radius 1 is 1.08 bits per heavy atom. The minimum atomic E-state index is -0.650. The van der Waals surface area contributed by atoms with Gasteiger partial charge in [0.25, 0.3) is 0 Å². The van der Waals surface area contributed by atoms with Gasteiger partial charge in [-0.25, -0.2) is 8.78 Å². The molecular weight excluding hydrogens is 476 g/mol. The Bertz CT molecular complexity index is 1350. The number of para-hydroxylation sites is 1. The molecule has 7 rings (SSSR count). The lowest BCUT2D eigenvalue weighted by atomic mass is 9.95. The standard InChI is InChI=1S/C27H31F2N7O/c28-20-5-1-4-18(22(20)30)23-21(29)24-19(12-31-23)25(35-13-16-6-7-17(14-35)32-16)34-26(33-24)37-15-27-8-2-10-36(27)11-3-9-27/h1,4-5,12,16-17,32H,2-3,6-11,13-15,30H2. The number of pyridine rings is 1. The highest BCUT2D eigenvalue weighted by Gasteiger charge is 2.45. The molecule has 4 saturated heterocycles. The minimum Gasteiger partial charge on any atom is -0.461 e. The van der Waals surface area contributed by atoms with E-state index in [9.17, 15) is 4.39 Å². The molecule has 4 aliphatic heterocycles. The molecule has 0 radical (unpaired) electrons. The number of halogens is 2. The molecule has 0 saturated carbocycles. The average molecular weight is 508 g/mol. The predicted octanol–water partition coefficient (Wildman–Crippen LogP) is 3.50. The van der Waals surface area contributed by atoms with Crippen molar-refractivity contribution in [3.05, 3.63) is 36.0 Å². The SMILES string of the molecule is Nc1c(F)cccc1-c1ncc2c(N3CC4CCC(C3)N4)nc(OCC34CCCN3CCC4)nc2c1F. The molecule has 6 heterocycles. The van der Waals surface area contributed by atoms with Crippen LogP contribution in [0.5, 0.6) is 6.01 Å². The Labute approximate surface area is 214 Å². The fraction of sp³-hybridized carbons (Fsp3) is 0.519. The summed E-state index contributed by atoms with van der Waals surface area (Å²) in [5, 5.41) is 4.15. The molecule has 2 unspecified atom stereocenters. The van der Waals surface area contributed by atoms with Gasteiger partial charge in [-0.3, -0.25) is 9.88 Å². The molecule has 8 nitrogen and oxygen atoms in total. The Hall–Kier alpha value is -3.11. The molecule has 0 aliphatic carbocycles. The number of nitrogens with zero attached hydrogens (tertiary/aromatic N) is 5. The van der Waals surface area contributed by atoms with Gasteiger partial charge in [0, 0.05) is 36.9 Å². The number of aromatic nitrogens is 3. The van der Waals surface area contributed by atoms with Gasteiger partial charge in [-0.2, -0.15) is 9.97 Å². The van der Waals surface area contributed by atoms with E-state index in [0.717, 1.165) is 64.7 Å². The van der Waals surface area contributed by atoms with Crippen LogP contribution in [0.4, 0.5) is 20.3 Å². The van der Waals surface area contributed by atoms with Crippen LogP contribution in [0, 0.1) is 11.6 Å². The molecule has 3 N–H and O–H groups in total. The molecule has 10 heteroatoms. The number of anilines is 2. The molecule has 2 aromatic heterocycles. The van der Waals surface area contributed by atoms with Crippen LogP contribution in [0.15, 0.2) is 24.4 Å². The first-order valence-corrected chi connectivity index (χ1v) is 13.3. The second kappa shape index (κ2) is 8.73. The summed E-state index contributed by atoms with van der Waals surface area (Å²) in [5.74, 6) is -0.627. The lowest BCUT2D eigenvalue weighted by Gasteiger charge is -2.34. The van der Waals surface area contributed by atoms with Crippen molar-refractivity contribution >= 4 is 22.4 Å². The van der Waals surface area contributed by atoms with Crippen molar-refractivity contribution in [3.8, 4) is 17.3 Å². The molecule has 3 aromatic rings. The number of ether oxygens (including phenoxy) is 1. The molecule has 2 atom stereocenters. The van der Waals surface area contributed by atoms with Crippen LogP contribution in [0.1, 0.15) is 38.5 Å². The maximum Gasteiger partial charge on any atom is 0.319 e. The van der Waals surface area contributed by atoms with Crippen molar-refractivity contribution in [2.75, 3.05) is 43.4 Å². The number of nitrogens with two attached hydrogens (primary N) is 1. The van der Waals surface area contributed by atoms with Crippen LogP contribution in [0.2, 0.25) is 0 Å². The highest BCUT2D eigenvalue weighted by molar-refractivity contribution is 5.93. The monoisotopic (exact) mass is 507 g/mol. The van der Waals surface area contributed by atoms with Crippen molar-refractivity contribution in [2.24, 2.45) is 0 Å². The van der Waals surface area contributed by atoms with Gasteiger partial charge in [-0.1, -0.05) is 12.1 Å². The number of benzene rings is 1. The van der Waals surface area contributed by atoms with Gasteiger partial charge in [0.1, 0.15) is 29.5 Å². The van der Waals surface area contributed by atoms with E-state index in [0.29, 0.717) is 29.9 Å². The molecule has 0 spiro atoms. The number of fused-ring (bicyclic) bond motifs is 4. The zero-order chi connectivity index (χ0) is 25.1. The van der Waals surface area contributed by atoms with E-state index in [1.807, 2.05) is 0 Å². The van der Waals surface area contributed by atoms with E-state index in [2.05, 4.69) is 25.1 Å². The van der Waals surface area contributed by atoms with Gasteiger partial charge in [-0.05, 0) is 57.7 Å². The van der Waals surface area contributed by atoms with Crippen LogP contribution >= 0.6 is 0 Å². The van der Waals surface area contributed by atoms with Crippen molar-refractivity contribution in [1.82, 2.24) is 25.2 Å². The number of piperazine rings is 1. The summed E-state index contributed by atoms with van der Waals surface area (Å²) in [4.78, 5) is 18.5. The maximum absolute atomic E-state index is 16.1. The molecule has 0 amide bonds. The number of rotatable bonds is 5. The number of hydrogen-bond acceptors (Lipinski definition) is 8. The lowest BCUT2D eigenvalue weighted by Crippen LogP contribution is -2.51. The third-order valence-corrected chi connectivity index (χ3v) is 8.75. The molecular formula is C27H31F2N7O. The summed E-state index contributed by atoms with van der Waals surface area (Å²) in [6.07, 6.45) is 8.31. The van der Waals surface area contributed by atoms with E-state index >= 15 is 4.39 Å². The first-order valence-electron chi connectivity index (χ1n) is 13.3. The summed E-state index contributed by atoms with van der Waals surface area (Å²) in [6, 6.07) is 5.24. The summed E-state index contributed by atoms with van der Waals surface area (Å²) >= 11 is 0. The molecule has 2 bridgehead atoms. The van der Waals surface area contributed by atoms with E-state index in [1.165, 1.54) is 12.1 Å². The average Bonchev–Trinajstić information content (AvgIpc) is 3.58. The molecule has 4 fully saturated rings. The van der Waals surface area contributed by atoms with Gasteiger partial charge in [0.05, 0.1) is 16.6 Å². The minimum absolute atomic E-state index is 0.0185. The summed E-state index contributed by atoms with van der Waals surface area (Å²) < 4.78 is 36.5. The number of nitrogen functional groups attached to an aromatic ring is 1. The first kappa shape index (κ1) is 23.0. The van der Waals surface area contributed by atoms with Crippen LogP contribution < -0.4 is 20.7 Å². The zero-order valence-corrected chi connectivity index (χ0v) is 20.7. The molecule has 1 aromatic carbocycles. The smallest absolute Gasteiger partial charge is 0.319 e. The van der Waals surface area contributed by atoms with Crippen molar-refractivity contribution < 1.29 is 13.5 Å². The first-order chi connectivity index (χ1) is 18.0. The lowest BCUT2D eigenvalue weighted by molar-refractivity contribution is 0.108. The van der Waals surface area contributed by atoms with Crippen molar-refractivity contribution in [1.29, 1.82) is 0 Å². The fourth-order valence-corrected chi connectivity index (χ4v) is 6.89. The zero-order valence-electron chi connectivity index (χ0n) is 20.7. The Morgan fingerprint density at radius 3 is 2.59 bits per heavy atom. The van der Waals surface area contributed by atoms with Gasteiger partial charge in [-0.15, -0.1) is 0 Å². The number of nitrogens with one attached hydrogen (secondary N) is 1. The predicted molar refractivity (Wildman–Crippen MR) is 138 cm³/mol. The summed E-state index contributed by atoms with van der Waals surface area (Å²) in [7, 11) is 0. The Balaban J connectivity index is 1.32. The van der Waals surface area contributed by atoms with Gasteiger partial charge in [0.15, 0.2) is 5.82 Å². The largest absolute Gasteiger partial charge is 0.461 e. The maximum atomic E-state index is 16.1. The van der Waals surface area contributed by atoms with Crippen LogP contribution in [-0.2, 0) is 0 Å². The molecule has 194 valence electrons. The van der Waals surface area contributed by atoms with Gasteiger partial charge >= 0.3 is 6.01 Å². The van der Waals surface area contributed by atoms with E-state index in [-0.39, 0.29) is 34.0 Å². The van der Waals surface area contributed by atoms with Crippen LogP contribution in [-0.4, -0.2) is 70.3 Å². The number of hydrogen-bond donors (Lipinski definition) is 2. The highest BCUT2D eigenvalue weighted by atomic mass is 19.1. The topological polar surface area (TPSA) is 92.4 Å². The van der Waals surface area contributed by atoms with E-state index in [1.54, 1.807) is 12.3 Å². The Morgan fingerprint density at radius 2 is 1.84 bits per heavy atom. The van der Waals surface area contributed by atoms with Gasteiger partial charge < -0.3 is 20.7 Å². The third kappa shape index (κ3) is 3.80. The summed E-state index contributed by atoms with van der Waals surface area (Å²) in [6.45, 7) is 4.23. The van der Waals surface area contributed by atoms with Crippen molar-refractivity contribution in [2.45, 2.75) is 56.1 Å². The third-order valence-electron chi connectivity index (χ3n) is 8.75. The van der Waals surface area contributed by atoms with Crippen LogP contribution in [0.3, 0.4) is 0 Å². The van der Waals surface area contributed by atoms with Crippen molar-refractivity contribution in [3.63, 3.8) is 0 Å². The van der Waals surface area contributed by atoms with E-state index < -0.39 is 11.6 Å². The Kier molecular flexibility index (Phi) is 5.44. The van der Waals surface area contributed by atoms with E-state index in [4.69, 9.17) is 15.5 Å². The molecule has 4 aliphatic rings. The van der Waals surface area contributed by atoms with Gasteiger partial charge in [0.2, 0.25) is 0 Å². The quantitative estimate of drug-likeness (QED) is 0.507. The summed E-state index contributed by atoms with van der Waals surface area (Å²) in [5.41, 5.74) is 6.12. The fourth-order valence-electron chi connectivity index (χ4n) is 6.89. The second-order valence-corrected chi connectivity index (χ2v) is 11.0.